The minimum atomic E-state index is 0.0724. The maximum absolute atomic E-state index is 12.5. The van der Waals surface area contributed by atoms with Crippen LogP contribution in [-0.4, -0.2) is 64.5 Å². The second-order valence-electron chi connectivity index (χ2n) is 9.65. The van der Waals surface area contributed by atoms with Gasteiger partial charge in [-0.25, -0.2) is 4.98 Å². The van der Waals surface area contributed by atoms with E-state index in [1.54, 1.807) is 6.20 Å². The Morgan fingerprint density at radius 3 is 2.21 bits per heavy atom. The van der Waals surface area contributed by atoms with Gasteiger partial charge in [-0.15, -0.1) is 0 Å². The lowest BCUT2D eigenvalue weighted by Crippen LogP contribution is -2.49. The SMILES string of the molecule is O=C(CCn1ccnc1-c1ccccc1)NCCN1CCN(C(c2ccccc2)c2ccc(Cl)cc2)CC1. The number of aromatic nitrogens is 2. The number of carbonyl (C=O) groups is 1. The molecule has 1 atom stereocenters. The summed E-state index contributed by atoms with van der Waals surface area (Å²) in [5.41, 5.74) is 3.61. The van der Waals surface area contributed by atoms with Crippen molar-refractivity contribution in [3.05, 3.63) is 113 Å². The number of nitrogens with zero attached hydrogens (tertiary/aromatic N) is 4. The molecule has 7 heteroatoms. The number of hydrogen-bond donors (Lipinski definition) is 1. The number of benzene rings is 3. The van der Waals surface area contributed by atoms with Gasteiger partial charge in [0.15, 0.2) is 0 Å². The molecule has 1 amide bonds. The second kappa shape index (κ2) is 12.9. The molecule has 1 aliphatic rings. The Hall–Kier alpha value is -3.45. The molecule has 1 N–H and O–H groups in total. The van der Waals surface area contributed by atoms with Crippen LogP contribution >= 0.6 is 11.6 Å². The monoisotopic (exact) mass is 527 g/mol. The Kier molecular flexibility index (Phi) is 8.86. The summed E-state index contributed by atoms with van der Waals surface area (Å²) in [7, 11) is 0. The molecule has 1 fully saturated rings. The normalized spacial score (nSPS) is 15.3. The van der Waals surface area contributed by atoms with Gasteiger partial charge in [0.05, 0.1) is 6.04 Å². The first-order valence-electron chi connectivity index (χ1n) is 13.3. The van der Waals surface area contributed by atoms with Gasteiger partial charge >= 0.3 is 0 Å². The first-order chi connectivity index (χ1) is 18.7. The van der Waals surface area contributed by atoms with E-state index >= 15 is 0 Å². The van der Waals surface area contributed by atoms with Crippen LogP contribution in [0.15, 0.2) is 97.3 Å². The van der Waals surface area contributed by atoms with Crippen molar-refractivity contribution in [2.24, 2.45) is 0 Å². The number of carbonyl (C=O) groups excluding carboxylic acids is 1. The van der Waals surface area contributed by atoms with Crippen LogP contribution in [0.3, 0.4) is 0 Å². The second-order valence-corrected chi connectivity index (χ2v) is 10.1. The Bertz CT molecular complexity index is 1280. The maximum Gasteiger partial charge on any atom is 0.221 e. The number of amides is 1. The van der Waals surface area contributed by atoms with Crippen molar-refractivity contribution in [3.8, 4) is 11.4 Å². The smallest absolute Gasteiger partial charge is 0.221 e. The molecule has 0 saturated carbocycles. The molecular weight excluding hydrogens is 494 g/mol. The van der Waals surface area contributed by atoms with E-state index in [1.165, 1.54) is 11.1 Å². The molecule has 196 valence electrons. The highest BCUT2D eigenvalue weighted by atomic mass is 35.5. The summed E-state index contributed by atoms with van der Waals surface area (Å²) in [5, 5.41) is 3.86. The first-order valence-corrected chi connectivity index (χ1v) is 13.7. The Balaban J connectivity index is 1.08. The number of hydrogen-bond acceptors (Lipinski definition) is 4. The van der Waals surface area contributed by atoms with E-state index in [4.69, 9.17) is 11.6 Å². The Morgan fingerprint density at radius 2 is 1.50 bits per heavy atom. The zero-order valence-electron chi connectivity index (χ0n) is 21.5. The summed E-state index contributed by atoms with van der Waals surface area (Å²) < 4.78 is 2.04. The minimum absolute atomic E-state index is 0.0724. The van der Waals surface area contributed by atoms with E-state index in [0.29, 0.717) is 19.5 Å². The zero-order chi connectivity index (χ0) is 26.2. The van der Waals surface area contributed by atoms with E-state index in [-0.39, 0.29) is 11.9 Å². The number of imidazole rings is 1. The summed E-state index contributed by atoms with van der Waals surface area (Å²) in [6, 6.07) is 29.2. The molecule has 0 aliphatic carbocycles. The molecule has 6 nitrogen and oxygen atoms in total. The molecule has 4 aromatic rings. The van der Waals surface area contributed by atoms with Crippen LogP contribution in [0.5, 0.6) is 0 Å². The summed E-state index contributed by atoms with van der Waals surface area (Å²) in [6.45, 7) is 6.02. The van der Waals surface area contributed by atoms with Gasteiger partial charge in [-0.3, -0.25) is 14.6 Å². The van der Waals surface area contributed by atoms with Crippen LogP contribution in [0.25, 0.3) is 11.4 Å². The van der Waals surface area contributed by atoms with Gasteiger partial charge in [0, 0.05) is 75.2 Å². The molecule has 38 heavy (non-hydrogen) atoms. The molecular formula is C31H34ClN5O. The van der Waals surface area contributed by atoms with Gasteiger partial charge < -0.3 is 9.88 Å². The molecule has 1 aromatic heterocycles. The van der Waals surface area contributed by atoms with Crippen LogP contribution in [0.4, 0.5) is 0 Å². The van der Waals surface area contributed by atoms with Gasteiger partial charge in [-0.2, -0.15) is 0 Å². The van der Waals surface area contributed by atoms with Crippen LogP contribution in [-0.2, 0) is 11.3 Å². The molecule has 1 aliphatic heterocycles. The highest BCUT2D eigenvalue weighted by Crippen LogP contribution is 2.30. The highest BCUT2D eigenvalue weighted by molar-refractivity contribution is 6.30. The number of aryl methyl sites for hydroxylation is 1. The highest BCUT2D eigenvalue weighted by Gasteiger charge is 2.26. The van der Waals surface area contributed by atoms with Crippen LogP contribution in [0.2, 0.25) is 5.02 Å². The number of rotatable bonds is 10. The molecule has 1 unspecified atom stereocenters. The predicted molar refractivity (Wildman–Crippen MR) is 153 cm³/mol. The fraction of sp³-hybridized carbons (Fsp3) is 0.290. The minimum Gasteiger partial charge on any atom is -0.355 e. The maximum atomic E-state index is 12.5. The van der Waals surface area contributed by atoms with Crippen molar-refractivity contribution in [3.63, 3.8) is 0 Å². The van der Waals surface area contributed by atoms with Crippen LogP contribution in [0, 0.1) is 0 Å². The van der Waals surface area contributed by atoms with E-state index < -0.39 is 0 Å². The standard InChI is InChI=1S/C31H34ClN5O/c32-28-13-11-26(12-14-28)30(25-7-3-1-4-8-25)36-23-21-35(22-24-36)19-16-33-29(38)15-18-37-20-17-34-31(37)27-9-5-2-6-10-27/h1-14,17,20,30H,15-16,18-19,21-24H2,(H,33,38). The molecule has 3 aromatic carbocycles. The zero-order valence-corrected chi connectivity index (χ0v) is 22.3. The van der Waals surface area contributed by atoms with Gasteiger partial charge in [-0.05, 0) is 23.3 Å². The molecule has 0 spiro atoms. The van der Waals surface area contributed by atoms with Crippen molar-refractivity contribution in [1.29, 1.82) is 0 Å². The van der Waals surface area contributed by atoms with Gasteiger partial charge in [0.25, 0.3) is 0 Å². The molecule has 5 rings (SSSR count). The number of halogens is 1. The third kappa shape index (κ3) is 6.70. The lowest BCUT2D eigenvalue weighted by Gasteiger charge is -2.39. The van der Waals surface area contributed by atoms with Crippen molar-refractivity contribution in [2.45, 2.75) is 19.0 Å². The van der Waals surface area contributed by atoms with E-state index in [0.717, 1.165) is 49.1 Å². The number of piperazine rings is 1. The predicted octanol–water partition coefficient (Wildman–Crippen LogP) is 5.12. The van der Waals surface area contributed by atoms with Crippen molar-refractivity contribution >= 4 is 17.5 Å². The van der Waals surface area contributed by atoms with Crippen molar-refractivity contribution < 1.29 is 4.79 Å². The Morgan fingerprint density at radius 1 is 0.842 bits per heavy atom. The summed E-state index contributed by atoms with van der Waals surface area (Å²) in [4.78, 5) is 22.0. The Labute approximate surface area is 229 Å². The molecule has 1 saturated heterocycles. The van der Waals surface area contributed by atoms with E-state index in [9.17, 15) is 4.79 Å². The molecule has 0 radical (unpaired) electrons. The average Bonchev–Trinajstić information content (AvgIpc) is 3.44. The third-order valence-corrected chi connectivity index (χ3v) is 7.40. The topological polar surface area (TPSA) is 53.4 Å². The largest absolute Gasteiger partial charge is 0.355 e. The summed E-state index contributed by atoms with van der Waals surface area (Å²) >= 11 is 6.16. The summed E-state index contributed by atoms with van der Waals surface area (Å²) in [5.74, 6) is 0.965. The van der Waals surface area contributed by atoms with E-state index in [2.05, 4.69) is 62.6 Å². The molecule has 0 bridgehead atoms. The lowest BCUT2D eigenvalue weighted by atomic mass is 9.96. The average molecular weight is 528 g/mol. The summed E-state index contributed by atoms with van der Waals surface area (Å²) in [6.07, 6.45) is 4.15. The number of nitrogens with one attached hydrogen (secondary N) is 1. The van der Waals surface area contributed by atoms with Gasteiger partial charge in [-0.1, -0.05) is 84.4 Å². The molecule has 2 heterocycles. The first kappa shape index (κ1) is 26.2. The quantitative estimate of drug-likeness (QED) is 0.311. The van der Waals surface area contributed by atoms with Crippen molar-refractivity contribution in [1.82, 2.24) is 24.7 Å². The fourth-order valence-corrected chi connectivity index (χ4v) is 5.27. The van der Waals surface area contributed by atoms with Crippen molar-refractivity contribution in [2.75, 3.05) is 39.3 Å². The van der Waals surface area contributed by atoms with Gasteiger partial charge in [0.2, 0.25) is 5.91 Å². The van der Waals surface area contributed by atoms with Crippen LogP contribution in [0.1, 0.15) is 23.6 Å². The van der Waals surface area contributed by atoms with Gasteiger partial charge in [0.1, 0.15) is 5.82 Å². The van der Waals surface area contributed by atoms with Crippen LogP contribution < -0.4 is 5.32 Å². The van der Waals surface area contributed by atoms with E-state index in [1.807, 2.05) is 53.2 Å². The lowest BCUT2D eigenvalue weighted by molar-refractivity contribution is -0.121. The fourth-order valence-electron chi connectivity index (χ4n) is 5.14. The third-order valence-electron chi connectivity index (χ3n) is 7.15.